The molecule has 0 aromatic carbocycles. The van der Waals surface area contributed by atoms with Crippen LogP contribution in [0.2, 0.25) is 0 Å². The fraction of sp³-hybridized carbons (Fsp3) is 0.312. The molecule has 7 nitrogen and oxygen atoms in total. The van der Waals surface area contributed by atoms with E-state index < -0.39 is 17.8 Å². The Morgan fingerprint density at radius 3 is 3.00 bits per heavy atom. The topological polar surface area (TPSA) is 101 Å². The maximum absolute atomic E-state index is 10.9. The van der Waals surface area contributed by atoms with Crippen LogP contribution in [0, 0.1) is 11.8 Å². The molecule has 2 unspecified atom stereocenters. The van der Waals surface area contributed by atoms with Gasteiger partial charge in [0.1, 0.15) is 6.04 Å². The first-order chi connectivity index (χ1) is 10.8. The summed E-state index contributed by atoms with van der Waals surface area (Å²) >= 11 is 0. The molecule has 0 bridgehead atoms. The van der Waals surface area contributed by atoms with Gasteiger partial charge in [-0.1, -0.05) is 12.0 Å². The fourth-order valence-corrected chi connectivity index (χ4v) is 2.03. The molecule has 1 aliphatic rings. The summed E-state index contributed by atoms with van der Waals surface area (Å²) in [7, 11) is 0. The van der Waals surface area contributed by atoms with Crippen molar-refractivity contribution in [3.05, 3.63) is 42.0 Å². The molecule has 23 heavy (non-hydrogen) atoms. The molecule has 0 spiro atoms. The third-order valence-electron chi connectivity index (χ3n) is 3.14. The maximum Gasteiger partial charge on any atom is 0.339 e. The Morgan fingerprint density at radius 2 is 2.35 bits per heavy atom. The Balaban J connectivity index is 2.14. The predicted molar refractivity (Wildman–Crippen MR) is 83.3 cm³/mol. The summed E-state index contributed by atoms with van der Waals surface area (Å²) in [5, 5.41) is 12.9. The fourth-order valence-electron chi connectivity index (χ4n) is 2.03. The molecule has 2 rings (SSSR count). The molecule has 4 N–H and O–H groups in total. The number of nitrogens with one attached hydrogen (secondary N) is 1. The quantitative estimate of drug-likeness (QED) is 0.449. The summed E-state index contributed by atoms with van der Waals surface area (Å²) in [5.41, 5.74) is 5.22. The highest BCUT2D eigenvalue weighted by atomic mass is 16.5. The first-order valence-corrected chi connectivity index (χ1v) is 7.00. The van der Waals surface area contributed by atoms with Crippen LogP contribution in [0.5, 0.6) is 5.75 Å². The van der Waals surface area contributed by atoms with E-state index in [0.29, 0.717) is 16.6 Å². The summed E-state index contributed by atoms with van der Waals surface area (Å²) in [4.78, 5) is 10.9. The first kappa shape index (κ1) is 16.5. The SMILES string of the molecule is CC1=CC=CC(C)(Oc2ccoc2C#CC(C)N(O)C(N)=O)N1. The Labute approximate surface area is 134 Å². The lowest BCUT2D eigenvalue weighted by atomic mass is 10.1. The lowest BCUT2D eigenvalue weighted by Crippen LogP contribution is -2.46. The Morgan fingerprint density at radius 1 is 1.61 bits per heavy atom. The van der Waals surface area contributed by atoms with Gasteiger partial charge in [0, 0.05) is 11.8 Å². The summed E-state index contributed by atoms with van der Waals surface area (Å²) < 4.78 is 11.2. The standard InChI is InChI=1S/C16H19N3O4/c1-11-5-4-9-16(3,18-11)23-14-8-10-22-13(14)7-6-12(2)19(21)15(17)20/h4-5,8-10,12,18,21H,1-3H3,(H2,17,20). The first-order valence-electron chi connectivity index (χ1n) is 7.00. The van der Waals surface area contributed by atoms with Crippen molar-refractivity contribution in [1.29, 1.82) is 0 Å². The number of nitrogens with two attached hydrogens (primary N) is 1. The van der Waals surface area contributed by atoms with Gasteiger partial charge < -0.3 is 20.2 Å². The number of primary amides is 1. The number of nitrogens with zero attached hydrogens (tertiary/aromatic N) is 1. The van der Waals surface area contributed by atoms with Crippen molar-refractivity contribution in [1.82, 2.24) is 10.4 Å². The van der Waals surface area contributed by atoms with E-state index in [1.54, 1.807) is 6.07 Å². The van der Waals surface area contributed by atoms with Gasteiger partial charge in [0.05, 0.1) is 6.26 Å². The Hall–Kier alpha value is -2.85. The number of allylic oxidation sites excluding steroid dienone is 3. The Kier molecular flexibility index (Phi) is 4.67. The number of hydrogen-bond donors (Lipinski definition) is 3. The number of carbonyl (C=O) groups excluding carboxylic acids is 1. The van der Waals surface area contributed by atoms with Gasteiger partial charge in [-0.05, 0) is 38.8 Å². The van der Waals surface area contributed by atoms with Crippen molar-refractivity contribution in [2.24, 2.45) is 5.73 Å². The highest BCUT2D eigenvalue weighted by Crippen LogP contribution is 2.25. The number of furan rings is 1. The van der Waals surface area contributed by atoms with E-state index in [9.17, 15) is 10.0 Å². The van der Waals surface area contributed by atoms with Crippen molar-refractivity contribution in [3.63, 3.8) is 0 Å². The van der Waals surface area contributed by atoms with Crippen LogP contribution in [-0.2, 0) is 0 Å². The molecule has 0 radical (unpaired) electrons. The highest BCUT2D eigenvalue weighted by Gasteiger charge is 2.26. The van der Waals surface area contributed by atoms with Crippen LogP contribution in [0.3, 0.4) is 0 Å². The van der Waals surface area contributed by atoms with Gasteiger partial charge in [-0.25, -0.2) is 4.79 Å². The molecule has 122 valence electrons. The molecule has 2 amide bonds. The zero-order valence-corrected chi connectivity index (χ0v) is 13.2. The van der Waals surface area contributed by atoms with Crippen LogP contribution >= 0.6 is 0 Å². The molecule has 0 saturated heterocycles. The van der Waals surface area contributed by atoms with E-state index in [2.05, 4.69) is 17.2 Å². The van der Waals surface area contributed by atoms with Gasteiger partial charge in [-0.15, -0.1) is 0 Å². The number of amides is 2. The van der Waals surface area contributed by atoms with Gasteiger partial charge in [0.2, 0.25) is 5.76 Å². The second-order valence-electron chi connectivity index (χ2n) is 5.29. The van der Waals surface area contributed by atoms with E-state index in [-0.39, 0.29) is 0 Å². The van der Waals surface area contributed by atoms with Crippen molar-refractivity contribution in [2.75, 3.05) is 0 Å². The van der Waals surface area contributed by atoms with Gasteiger partial charge >= 0.3 is 6.03 Å². The van der Waals surface area contributed by atoms with Crippen molar-refractivity contribution >= 4 is 6.03 Å². The smallest absolute Gasteiger partial charge is 0.339 e. The van der Waals surface area contributed by atoms with Crippen molar-refractivity contribution in [2.45, 2.75) is 32.5 Å². The van der Waals surface area contributed by atoms with Crippen LogP contribution in [0.1, 0.15) is 26.5 Å². The van der Waals surface area contributed by atoms with Crippen LogP contribution in [0.4, 0.5) is 4.79 Å². The zero-order valence-electron chi connectivity index (χ0n) is 13.2. The van der Waals surface area contributed by atoms with E-state index >= 15 is 0 Å². The molecule has 1 aromatic rings. The largest absolute Gasteiger partial charge is 0.460 e. The van der Waals surface area contributed by atoms with E-state index in [4.69, 9.17) is 14.9 Å². The number of hydroxylamine groups is 2. The zero-order chi connectivity index (χ0) is 17.0. The predicted octanol–water partition coefficient (Wildman–Crippen LogP) is 1.95. The number of carbonyl (C=O) groups is 1. The number of urea groups is 1. The van der Waals surface area contributed by atoms with Crippen molar-refractivity contribution < 1.29 is 19.2 Å². The summed E-state index contributed by atoms with van der Waals surface area (Å²) in [6.07, 6.45) is 7.15. The molecule has 0 aliphatic carbocycles. The highest BCUT2D eigenvalue weighted by molar-refractivity contribution is 5.71. The average Bonchev–Trinajstić information content (AvgIpc) is 2.89. The maximum atomic E-state index is 10.9. The minimum absolute atomic E-state index is 0.290. The minimum atomic E-state index is -0.978. The molecular weight excluding hydrogens is 298 g/mol. The number of dihydropyridines is 1. The molecule has 2 atom stereocenters. The lowest BCUT2D eigenvalue weighted by Gasteiger charge is -2.31. The van der Waals surface area contributed by atoms with E-state index in [1.807, 2.05) is 32.1 Å². The third-order valence-corrected chi connectivity index (χ3v) is 3.14. The monoisotopic (exact) mass is 317 g/mol. The summed E-state index contributed by atoms with van der Waals surface area (Å²) in [5.74, 6) is 6.13. The normalized spacial score (nSPS) is 20.6. The molecule has 1 aromatic heterocycles. The molecule has 7 heteroatoms. The Bertz CT molecular complexity index is 710. The molecule has 2 heterocycles. The van der Waals surface area contributed by atoms with Gasteiger partial charge in [0.25, 0.3) is 0 Å². The number of hydrogen-bond acceptors (Lipinski definition) is 5. The van der Waals surface area contributed by atoms with Crippen LogP contribution in [0.15, 0.2) is 40.7 Å². The number of ether oxygens (including phenoxy) is 1. The second-order valence-corrected chi connectivity index (χ2v) is 5.29. The summed E-state index contributed by atoms with van der Waals surface area (Å²) in [6.45, 7) is 5.33. The summed E-state index contributed by atoms with van der Waals surface area (Å²) in [6, 6.07) is -0.110. The average molecular weight is 317 g/mol. The van der Waals surface area contributed by atoms with Crippen molar-refractivity contribution in [3.8, 4) is 17.6 Å². The van der Waals surface area contributed by atoms with Crippen LogP contribution in [-0.4, -0.2) is 28.1 Å². The lowest BCUT2D eigenvalue weighted by molar-refractivity contribution is -0.0536. The molecule has 0 saturated carbocycles. The van der Waals surface area contributed by atoms with Crippen LogP contribution < -0.4 is 15.8 Å². The van der Waals surface area contributed by atoms with Gasteiger partial charge in [-0.2, -0.15) is 5.06 Å². The molecule has 1 aliphatic heterocycles. The van der Waals surface area contributed by atoms with Crippen LogP contribution in [0.25, 0.3) is 0 Å². The van der Waals surface area contributed by atoms with E-state index in [1.165, 1.54) is 13.2 Å². The van der Waals surface area contributed by atoms with E-state index in [0.717, 1.165) is 5.70 Å². The van der Waals surface area contributed by atoms with Gasteiger partial charge in [0.15, 0.2) is 11.5 Å². The second kappa shape index (κ2) is 6.50. The van der Waals surface area contributed by atoms with Gasteiger partial charge in [-0.3, -0.25) is 5.21 Å². The molecular formula is C16H19N3O4. The third kappa shape index (κ3) is 4.08. The minimum Gasteiger partial charge on any atom is -0.460 e. The molecule has 0 fully saturated rings. The number of rotatable bonds is 3.